The Bertz CT molecular complexity index is 626. The van der Waals surface area contributed by atoms with E-state index in [-0.39, 0.29) is 11.2 Å². The first-order chi connectivity index (χ1) is 9.78. The maximum Gasteiger partial charge on any atom is 0.414 e. The molecular formula is C15H21N3O3. The van der Waals surface area contributed by atoms with Crippen LogP contribution in [0.5, 0.6) is 0 Å². The van der Waals surface area contributed by atoms with Gasteiger partial charge in [0.25, 0.3) is 5.56 Å². The SMILES string of the molecule is CC(C)(C)OC(=O)N1C=C(n2cccc(N)c2=O)CCC1. The maximum absolute atomic E-state index is 12.1. The quantitative estimate of drug-likeness (QED) is 0.861. The van der Waals surface area contributed by atoms with Crippen LogP contribution in [0.25, 0.3) is 5.70 Å². The number of carbonyl (C=O) groups excluding carboxylic acids is 1. The Labute approximate surface area is 123 Å². The van der Waals surface area contributed by atoms with Gasteiger partial charge in [-0.15, -0.1) is 0 Å². The Kier molecular flexibility index (Phi) is 4.06. The second-order valence-corrected chi connectivity index (χ2v) is 6.04. The molecule has 0 bridgehead atoms. The molecule has 0 saturated carbocycles. The fraction of sp³-hybridized carbons (Fsp3) is 0.467. The van der Waals surface area contributed by atoms with E-state index in [1.807, 2.05) is 20.8 Å². The number of aromatic nitrogens is 1. The van der Waals surface area contributed by atoms with E-state index in [1.165, 1.54) is 9.47 Å². The van der Waals surface area contributed by atoms with E-state index in [2.05, 4.69) is 0 Å². The van der Waals surface area contributed by atoms with Gasteiger partial charge in [0.15, 0.2) is 0 Å². The molecule has 6 nitrogen and oxygen atoms in total. The Hall–Kier alpha value is -2.24. The number of ether oxygens (including phenoxy) is 1. The number of nitrogen functional groups attached to an aromatic ring is 1. The predicted octanol–water partition coefficient (Wildman–Crippen LogP) is 2.26. The fourth-order valence-corrected chi connectivity index (χ4v) is 2.12. The summed E-state index contributed by atoms with van der Waals surface area (Å²) in [4.78, 5) is 25.6. The van der Waals surface area contributed by atoms with Gasteiger partial charge in [0.2, 0.25) is 0 Å². The van der Waals surface area contributed by atoms with Gasteiger partial charge in [-0.05, 0) is 45.7 Å². The molecule has 0 radical (unpaired) electrons. The van der Waals surface area contributed by atoms with Gasteiger partial charge in [-0.3, -0.25) is 14.3 Å². The number of rotatable bonds is 1. The fourth-order valence-electron chi connectivity index (χ4n) is 2.12. The number of anilines is 1. The molecule has 0 spiro atoms. The van der Waals surface area contributed by atoms with Gasteiger partial charge in [-0.25, -0.2) is 4.79 Å². The number of nitrogens with zero attached hydrogens (tertiary/aromatic N) is 2. The minimum absolute atomic E-state index is 0.188. The number of allylic oxidation sites excluding steroid dienone is 1. The van der Waals surface area contributed by atoms with Crippen molar-refractivity contribution >= 4 is 17.5 Å². The molecule has 6 heteroatoms. The first kappa shape index (κ1) is 15.2. The normalized spacial score (nSPS) is 15.6. The maximum atomic E-state index is 12.1. The molecule has 1 aliphatic rings. The Morgan fingerprint density at radius 1 is 1.38 bits per heavy atom. The van der Waals surface area contributed by atoms with Crippen LogP contribution in [-0.2, 0) is 4.74 Å². The van der Waals surface area contributed by atoms with Gasteiger partial charge in [-0.2, -0.15) is 0 Å². The summed E-state index contributed by atoms with van der Waals surface area (Å²) in [5.41, 5.74) is 5.75. The molecule has 0 aromatic carbocycles. The van der Waals surface area contributed by atoms with Crippen LogP contribution in [0.2, 0.25) is 0 Å². The standard InChI is InChI=1S/C15H21N3O3/c1-15(2,3)21-14(20)17-8-4-6-11(10-17)18-9-5-7-12(16)13(18)19/h5,7,9-10H,4,6,8,16H2,1-3H3. The Morgan fingerprint density at radius 2 is 2.10 bits per heavy atom. The van der Waals surface area contributed by atoms with Crippen molar-refractivity contribution in [2.24, 2.45) is 0 Å². The average Bonchev–Trinajstić information content (AvgIpc) is 2.40. The third-order valence-electron chi connectivity index (χ3n) is 3.05. The third-order valence-corrected chi connectivity index (χ3v) is 3.05. The van der Waals surface area contributed by atoms with Crippen LogP contribution in [0.1, 0.15) is 33.6 Å². The van der Waals surface area contributed by atoms with Crippen molar-refractivity contribution < 1.29 is 9.53 Å². The largest absolute Gasteiger partial charge is 0.443 e. The summed E-state index contributed by atoms with van der Waals surface area (Å²) in [5, 5.41) is 0. The van der Waals surface area contributed by atoms with Crippen molar-refractivity contribution in [1.29, 1.82) is 0 Å². The number of carbonyl (C=O) groups is 1. The highest BCUT2D eigenvalue weighted by atomic mass is 16.6. The van der Waals surface area contributed by atoms with Crippen LogP contribution >= 0.6 is 0 Å². The Balaban J connectivity index is 2.27. The summed E-state index contributed by atoms with van der Waals surface area (Å²) in [6, 6.07) is 3.28. The smallest absolute Gasteiger partial charge is 0.414 e. The highest BCUT2D eigenvalue weighted by Gasteiger charge is 2.23. The number of pyridine rings is 1. The van der Waals surface area contributed by atoms with Crippen molar-refractivity contribution in [3.05, 3.63) is 34.9 Å². The topological polar surface area (TPSA) is 77.6 Å². The van der Waals surface area contributed by atoms with Crippen molar-refractivity contribution in [1.82, 2.24) is 9.47 Å². The van der Waals surface area contributed by atoms with Gasteiger partial charge >= 0.3 is 6.09 Å². The lowest BCUT2D eigenvalue weighted by atomic mass is 10.1. The first-order valence-corrected chi connectivity index (χ1v) is 6.96. The van der Waals surface area contributed by atoms with Crippen molar-refractivity contribution in [2.45, 2.75) is 39.2 Å². The zero-order chi connectivity index (χ0) is 15.6. The highest BCUT2D eigenvalue weighted by Crippen LogP contribution is 2.20. The molecule has 21 heavy (non-hydrogen) atoms. The molecule has 0 saturated heterocycles. The van der Waals surface area contributed by atoms with Crippen LogP contribution in [0.15, 0.2) is 29.3 Å². The molecule has 114 valence electrons. The molecule has 2 rings (SSSR count). The van der Waals surface area contributed by atoms with E-state index >= 15 is 0 Å². The van der Waals surface area contributed by atoms with Crippen LogP contribution in [0, 0.1) is 0 Å². The van der Waals surface area contributed by atoms with E-state index in [4.69, 9.17) is 10.5 Å². The number of hydrogen-bond donors (Lipinski definition) is 1. The lowest BCUT2D eigenvalue weighted by Gasteiger charge is -2.28. The monoisotopic (exact) mass is 291 g/mol. The summed E-state index contributed by atoms with van der Waals surface area (Å²) < 4.78 is 6.82. The molecule has 1 amide bonds. The van der Waals surface area contributed by atoms with E-state index in [9.17, 15) is 9.59 Å². The van der Waals surface area contributed by atoms with Gasteiger partial charge in [-0.1, -0.05) is 0 Å². The van der Waals surface area contributed by atoms with Gasteiger partial charge in [0, 0.05) is 24.6 Å². The number of amides is 1. The van der Waals surface area contributed by atoms with Crippen molar-refractivity contribution in [2.75, 3.05) is 12.3 Å². The molecule has 1 aromatic rings. The molecule has 0 unspecified atom stereocenters. The van der Waals surface area contributed by atoms with E-state index in [0.717, 1.165) is 12.1 Å². The second kappa shape index (κ2) is 5.63. The molecule has 0 fully saturated rings. The third kappa shape index (κ3) is 3.65. The molecular weight excluding hydrogens is 270 g/mol. The van der Waals surface area contributed by atoms with Crippen LogP contribution in [0.4, 0.5) is 10.5 Å². The van der Waals surface area contributed by atoms with Gasteiger partial charge in [0.1, 0.15) is 5.60 Å². The van der Waals surface area contributed by atoms with Gasteiger partial charge < -0.3 is 10.5 Å². The zero-order valence-electron chi connectivity index (χ0n) is 12.6. The molecule has 2 N–H and O–H groups in total. The van der Waals surface area contributed by atoms with Crippen molar-refractivity contribution in [3.63, 3.8) is 0 Å². The molecule has 0 aliphatic carbocycles. The van der Waals surface area contributed by atoms with E-state index in [0.29, 0.717) is 13.0 Å². The zero-order valence-corrected chi connectivity index (χ0v) is 12.6. The first-order valence-electron chi connectivity index (χ1n) is 6.96. The molecule has 2 heterocycles. The minimum Gasteiger partial charge on any atom is -0.443 e. The predicted molar refractivity (Wildman–Crippen MR) is 81.6 cm³/mol. The van der Waals surface area contributed by atoms with E-state index < -0.39 is 11.7 Å². The van der Waals surface area contributed by atoms with Crippen LogP contribution in [0.3, 0.4) is 0 Å². The summed E-state index contributed by atoms with van der Waals surface area (Å²) in [6.07, 6.45) is 4.40. The number of nitrogens with two attached hydrogens (primary N) is 1. The van der Waals surface area contributed by atoms with Crippen molar-refractivity contribution in [3.8, 4) is 0 Å². The van der Waals surface area contributed by atoms with E-state index in [1.54, 1.807) is 24.5 Å². The van der Waals surface area contributed by atoms with Gasteiger partial charge in [0.05, 0.1) is 5.69 Å². The molecule has 0 atom stereocenters. The summed E-state index contributed by atoms with van der Waals surface area (Å²) in [7, 11) is 0. The average molecular weight is 291 g/mol. The van der Waals surface area contributed by atoms with Crippen LogP contribution in [-0.4, -0.2) is 27.7 Å². The second-order valence-electron chi connectivity index (χ2n) is 6.04. The number of hydrogen-bond acceptors (Lipinski definition) is 4. The minimum atomic E-state index is -0.545. The lowest BCUT2D eigenvalue weighted by Crippen LogP contribution is -2.36. The summed E-state index contributed by atoms with van der Waals surface area (Å²) >= 11 is 0. The molecule has 1 aliphatic heterocycles. The summed E-state index contributed by atoms with van der Waals surface area (Å²) in [6.45, 7) is 6.04. The highest BCUT2D eigenvalue weighted by molar-refractivity contribution is 5.71. The van der Waals surface area contributed by atoms with Crippen LogP contribution < -0.4 is 11.3 Å². The lowest BCUT2D eigenvalue weighted by molar-refractivity contribution is 0.0328. The summed E-state index contributed by atoms with van der Waals surface area (Å²) in [5.74, 6) is 0. The Morgan fingerprint density at radius 3 is 2.76 bits per heavy atom. The molecule has 1 aromatic heterocycles.